The minimum atomic E-state index is -0.547. The maximum Gasteiger partial charge on any atom is 0.290 e. The first-order valence-electron chi connectivity index (χ1n) is 9.68. The largest absolute Gasteiger partial charge is 0.505 e. The van der Waals surface area contributed by atoms with Gasteiger partial charge >= 0.3 is 0 Å². The third kappa shape index (κ3) is 4.48. The number of aromatic hydroxyl groups is 1. The fourth-order valence-electron chi connectivity index (χ4n) is 3.13. The Morgan fingerprint density at radius 2 is 1.97 bits per heavy atom. The van der Waals surface area contributed by atoms with E-state index in [9.17, 15) is 19.5 Å². The van der Waals surface area contributed by atoms with Gasteiger partial charge in [-0.15, -0.1) is 11.3 Å². The van der Waals surface area contributed by atoms with Gasteiger partial charge in [0.05, 0.1) is 17.3 Å². The predicted octanol–water partition coefficient (Wildman–Crippen LogP) is 2.85. The van der Waals surface area contributed by atoms with Crippen LogP contribution in [0.25, 0.3) is 0 Å². The van der Waals surface area contributed by atoms with Crippen LogP contribution >= 0.6 is 11.3 Å². The standard InChI is InChI=1S/C21H25N5O4S/c1-5-13(15-10-7-11-31-15)22-17-16(19(28)24-26(4)21(17)30)23-14-9-6-8-12(18(14)27)20(29)25(2)3/h6-11,13,22-23,27H,5H2,1-4H3,(H,24,28). The van der Waals surface area contributed by atoms with E-state index in [-0.39, 0.29) is 40.3 Å². The van der Waals surface area contributed by atoms with Gasteiger partial charge in [0.15, 0.2) is 5.75 Å². The molecule has 0 saturated heterocycles. The Labute approximate surface area is 182 Å². The van der Waals surface area contributed by atoms with Crippen molar-refractivity contribution in [1.82, 2.24) is 14.7 Å². The molecule has 9 nitrogen and oxygen atoms in total. The molecule has 4 N–H and O–H groups in total. The Kier molecular flexibility index (Phi) is 6.50. The lowest BCUT2D eigenvalue weighted by molar-refractivity contribution is 0.0824. The van der Waals surface area contributed by atoms with E-state index in [1.807, 2.05) is 24.4 Å². The number of rotatable bonds is 7. The molecular weight excluding hydrogens is 418 g/mol. The van der Waals surface area contributed by atoms with E-state index in [2.05, 4.69) is 15.7 Å². The van der Waals surface area contributed by atoms with Crippen molar-refractivity contribution in [2.75, 3.05) is 24.7 Å². The summed E-state index contributed by atoms with van der Waals surface area (Å²) in [6.07, 6.45) is 0.688. The van der Waals surface area contributed by atoms with Gasteiger partial charge < -0.3 is 20.6 Å². The summed E-state index contributed by atoms with van der Waals surface area (Å²) in [5, 5.41) is 21.1. The minimum absolute atomic E-state index is 0.0390. The third-order valence-corrected chi connectivity index (χ3v) is 5.80. The molecule has 3 rings (SSSR count). The molecule has 1 atom stereocenters. The van der Waals surface area contributed by atoms with Crippen LogP contribution in [0.2, 0.25) is 0 Å². The monoisotopic (exact) mass is 443 g/mol. The number of phenols is 1. The number of carbonyl (C=O) groups is 1. The second-order valence-electron chi connectivity index (χ2n) is 7.20. The van der Waals surface area contributed by atoms with Crippen LogP contribution in [-0.2, 0) is 7.05 Å². The molecule has 0 spiro atoms. The van der Waals surface area contributed by atoms with Gasteiger partial charge in [0.2, 0.25) is 0 Å². The van der Waals surface area contributed by atoms with Crippen LogP contribution < -0.4 is 21.8 Å². The van der Waals surface area contributed by atoms with Crippen molar-refractivity contribution < 1.29 is 9.90 Å². The molecule has 0 fully saturated rings. The van der Waals surface area contributed by atoms with E-state index < -0.39 is 11.1 Å². The predicted molar refractivity (Wildman–Crippen MR) is 123 cm³/mol. The minimum Gasteiger partial charge on any atom is -0.505 e. The molecule has 31 heavy (non-hydrogen) atoms. The summed E-state index contributed by atoms with van der Waals surface area (Å²) in [5.41, 5.74) is -0.724. The topological polar surface area (TPSA) is 119 Å². The quantitative estimate of drug-likeness (QED) is 0.417. The number of nitrogens with one attached hydrogen (secondary N) is 3. The Morgan fingerprint density at radius 3 is 2.58 bits per heavy atom. The Balaban J connectivity index is 2.08. The summed E-state index contributed by atoms with van der Waals surface area (Å²) in [4.78, 5) is 40.3. The number of hydrogen-bond donors (Lipinski definition) is 4. The van der Waals surface area contributed by atoms with Crippen molar-refractivity contribution in [3.8, 4) is 5.75 Å². The van der Waals surface area contributed by atoms with Gasteiger partial charge in [-0.2, -0.15) is 0 Å². The molecule has 0 aliphatic carbocycles. The highest BCUT2D eigenvalue weighted by atomic mass is 32.1. The average Bonchev–Trinajstić information content (AvgIpc) is 3.27. The molecule has 0 bridgehead atoms. The van der Waals surface area contributed by atoms with Gasteiger partial charge in [-0.1, -0.05) is 19.1 Å². The number of aryl methyl sites for hydroxylation is 1. The molecule has 2 heterocycles. The Morgan fingerprint density at radius 1 is 1.23 bits per heavy atom. The molecule has 2 aromatic heterocycles. The fraction of sp³-hybridized carbons (Fsp3) is 0.286. The highest BCUT2D eigenvalue weighted by molar-refractivity contribution is 7.10. The van der Waals surface area contributed by atoms with Crippen LogP contribution in [0.4, 0.5) is 17.1 Å². The van der Waals surface area contributed by atoms with E-state index in [0.717, 1.165) is 9.56 Å². The molecular formula is C21H25N5O4S. The fourth-order valence-corrected chi connectivity index (χ4v) is 3.99. The number of phenolic OH excluding ortho intramolecular Hbond substituents is 1. The zero-order valence-corrected chi connectivity index (χ0v) is 18.5. The number of aromatic nitrogens is 2. The smallest absolute Gasteiger partial charge is 0.290 e. The average molecular weight is 444 g/mol. The third-order valence-electron chi connectivity index (χ3n) is 4.81. The Bertz CT molecular complexity index is 1200. The van der Waals surface area contributed by atoms with Crippen LogP contribution in [-0.4, -0.2) is 39.8 Å². The van der Waals surface area contributed by atoms with Crippen LogP contribution in [0.3, 0.4) is 0 Å². The van der Waals surface area contributed by atoms with Gasteiger partial charge in [-0.05, 0) is 30.0 Å². The van der Waals surface area contributed by atoms with Gasteiger partial charge in [-0.3, -0.25) is 24.2 Å². The molecule has 1 amide bonds. The number of hydrogen-bond acceptors (Lipinski definition) is 7. The second-order valence-corrected chi connectivity index (χ2v) is 8.18. The van der Waals surface area contributed by atoms with Crippen molar-refractivity contribution >= 4 is 34.3 Å². The lowest BCUT2D eigenvalue weighted by Gasteiger charge is -2.20. The molecule has 10 heteroatoms. The SMILES string of the molecule is CCC(Nc1c(Nc2cccc(C(=O)N(C)C)c2O)c(=O)[nH]n(C)c1=O)c1cccs1. The number of amides is 1. The first kappa shape index (κ1) is 22.2. The lowest BCUT2D eigenvalue weighted by Crippen LogP contribution is -2.32. The number of anilines is 3. The summed E-state index contributed by atoms with van der Waals surface area (Å²) >= 11 is 1.55. The van der Waals surface area contributed by atoms with Gasteiger partial charge in [0, 0.05) is 26.0 Å². The van der Waals surface area contributed by atoms with Crippen molar-refractivity contribution in [3.05, 3.63) is 66.9 Å². The summed E-state index contributed by atoms with van der Waals surface area (Å²) in [5.74, 6) is -0.696. The van der Waals surface area contributed by atoms with Crippen LogP contribution in [0.1, 0.15) is 34.6 Å². The molecule has 0 aliphatic rings. The normalized spacial score (nSPS) is 11.7. The maximum atomic E-state index is 12.9. The molecule has 0 saturated carbocycles. The lowest BCUT2D eigenvalue weighted by atomic mass is 10.1. The number of carbonyl (C=O) groups excluding carboxylic acids is 1. The first-order valence-corrected chi connectivity index (χ1v) is 10.6. The molecule has 0 radical (unpaired) electrons. The Hall–Kier alpha value is -3.53. The summed E-state index contributed by atoms with van der Waals surface area (Å²) in [6, 6.07) is 8.30. The van der Waals surface area contributed by atoms with E-state index >= 15 is 0 Å². The zero-order chi connectivity index (χ0) is 22.7. The molecule has 3 aromatic rings. The van der Waals surface area contributed by atoms with E-state index in [1.54, 1.807) is 31.5 Å². The number of nitrogens with zero attached hydrogens (tertiary/aromatic N) is 2. The molecule has 164 valence electrons. The second kappa shape index (κ2) is 9.09. The molecule has 1 aromatic carbocycles. The van der Waals surface area contributed by atoms with Gasteiger partial charge in [0.1, 0.15) is 11.4 Å². The van der Waals surface area contributed by atoms with Crippen LogP contribution in [0, 0.1) is 0 Å². The number of para-hydroxylation sites is 1. The van der Waals surface area contributed by atoms with Crippen LogP contribution in [0.15, 0.2) is 45.3 Å². The van der Waals surface area contributed by atoms with Crippen molar-refractivity contribution in [1.29, 1.82) is 0 Å². The highest BCUT2D eigenvalue weighted by Crippen LogP contribution is 2.33. The van der Waals surface area contributed by atoms with Gasteiger partial charge in [0.25, 0.3) is 17.0 Å². The van der Waals surface area contributed by atoms with Crippen LogP contribution in [0.5, 0.6) is 5.75 Å². The highest BCUT2D eigenvalue weighted by Gasteiger charge is 2.21. The maximum absolute atomic E-state index is 12.9. The molecule has 0 aliphatic heterocycles. The first-order chi connectivity index (χ1) is 14.7. The summed E-state index contributed by atoms with van der Waals surface area (Å²) in [7, 11) is 4.61. The van der Waals surface area contributed by atoms with Gasteiger partial charge in [-0.25, -0.2) is 0 Å². The van der Waals surface area contributed by atoms with Crippen molar-refractivity contribution in [2.45, 2.75) is 19.4 Å². The summed E-state index contributed by atoms with van der Waals surface area (Å²) in [6.45, 7) is 1.98. The zero-order valence-electron chi connectivity index (χ0n) is 17.7. The van der Waals surface area contributed by atoms with E-state index in [1.165, 1.54) is 24.1 Å². The summed E-state index contributed by atoms with van der Waals surface area (Å²) < 4.78 is 1.10. The van der Waals surface area contributed by atoms with Crippen molar-refractivity contribution in [2.24, 2.45) is 7.05 Å². The van der Waals surface area contributed by atoms with E-state index in [4.69, 9.17) is 0 Å². The number of H-pyrrole nitrogens is 1. The van der Waals surface area contributed by atoms with Crippen molar-refractivity contribution in [3.63, 3.8) is 0 Å². The molecule has 1 unspecified atom stereocenters. The number of thiophene rings is 1. The number of benzene rings is 1. The number of aromatic amines is 1. The van der Waals surface area contributed by atoms with E-state index in [0.29, 0.717) is 6.42 Å².